The Hall–Kier alpha value is -0.235. The van der Waals surface area contributed by atoms with Crippen LogP contribution in [0.3, 0.4) is 0 Å². The van der Waals surface area contributed by atoms with E-state index in [2.05, 4.69) is 13.9 Å². The van der Waals surface area contributed by atoms with Gasteiger partial charge in [-0.2, -0.15) is 0 Å². The van der Waals surface area contributed by atoms with Crippen LogP contribution in [0.25, 0.3) is 0 Å². The number of rotatable bonds is 4. The van der Waals surface area contributed by atoms with Gasteiger partial charge in [0.2, 0.25) is 0 Å². The van der Waals surface area contributed by atoms with Gasteiger partial charge in [-0.05, 0) is 0 Å². The average molecular weight is 109 g/mol. The van der Waals surface area contributed by atoms with Crippen molar-refractivity contribution in [2.45, 2.75) is 18.7 Å². The minimum absolute atomic E-state index is 0.551. The lowest BCUT2D eigenvalue weighted by atomic mass is 9.70. The van der Waals surface area contributed by atoms with Gasteiger partial charge in [0.1, 0.15) is 7.28 Å². The van der Waals surface area contributed by atoms with E-state index in [0.29, 0.717) is 6.10 Å². The van der Waals surface area contributed by atoms with Crippen LogP contribution in [-0.4, -0.2) is 20.0 Å². The van der Waals surface area contributed by atoms with Gasteiger partial charge in [-0.25, -0.2) is 0 Å². The van der Waals surface area contributed by atoms with Gasteiger partial charge in [0.05, 0.1) is 12.7 Å². The second-order valence-electron chi connectivity index (χ2n) is 2.00. The van der Waals surface area contributed by atoms with Crippen molar-refractivity contribution < 1.29 is 4.74 Å². The lowest BCUT2D eigenvalue weighted by Crippen LogP contribution is -1.91. The van der Waals surface area contributed by atoms with Gasteiger partial charge in [0, 0.05) is 0 Å². The summed E-state index contributed by atoms with van der Waals surface area (Å²) in [4.78, 5) is 0. The summed E-state index contributed by atoms with van der Waals surface area (Å²) >= 11 is 0. The molecule has 0 aliphatic carbocycles. The lowest BCUT2D eigenvalue weighted by Gasteiger charge is -1.85. The van der Waals surface area contributed by atoms with Crippen LogP contribution in [0.15, 0.2) is 12.7 Å². The van der Waals surface area contributed by atoms with E-state index in [0.717, 1.165) is 19.2 Å². The molecule has 1 heterocycles. The van der Waals surface area contributed by atoms with E-state index in [-0.39, 0.29) is 0 Å². The maximum absolute atomic E-state index is 4.99. The summed E-state index contributed by atoms with van der Waals surface area (Å²) in [5.41, 5.74) is 0. The van der Waals surface area contributed by atoms with E-state index >= 15 is 0 Å². The predicted octanol–water partition coefficient (Wildman–Crippen LogP) is 1.11. The second kappa shape index (κ2) is 2.93. The molecule has 1 fully saturated rings. The Morgan fingerprint density at radius 2 is 2.62 bits per heavy atom. The molecule has 0 N–H and O–H groups in total. The molecule has 0 aromatic rings. The van der Waals surface area contributed by atoms with Crippen molar-refractivity contribution in [2.75, 3.05) is 6.61 Å². The molecule has 0 spiro atoms. The summed E-state index contributed by atoms with van der Waals surface area (Å²) in [6.45, 7) is 4.57. The summed E-state index contributed by atoms with van der Waals surface area (Å²) in [6.07, 6.45) is 4.57. The molecule has 1 aliphatic rings. The molecule has 0 saturated carbocycles. The van der Waals surface area contributed by atoms with Gasteiger partial charge in [0.25, 0.3) is 0 Å². The third-order valence-corrected chi connectivity index (χ3v) is 1.17. The molecule has 43 valence electrons. The summed E-state index contributed by atoms with van der Waals surface area (Å²) in [5.74, 6) is 0. The van der Waals surface area contributed by atoms with Crippen molar-refractivity contribution in [2.24, 2.45) is 0 Å². The molecule has 1 radical (unpaired) electrons. The van der Waals surface area contributed by atoms with E-state index in [9.17, 15) is 0 Å². The minimum Gasteiger partial charge on any atom is -0.374 e. The molecule has 1 rings (SSSR count). The van der Waals surface area contributed by atoms with Gasteiger partial charge >= 0.3 is 0 Å². The SMILES string of the molecule is C=CC[B]CC1CO1. The summed E-state index contributed by atoms with van der Waals surface area (Å²) in [6, 6.07) is 0. The Balaban J connectivity index is 1.80. The van der Waals surface area contributed by atoms with Crippen molar-refractivity contribution in [3.8, 4) is 0 Å². The molecule has 0 bridgehead atoms. The molecule has 1 atom stereocenters. The van der Waals surface area contributed by atoms with Gasteiger partial charge < -0.3 is 4.74 Å². The summed E-state index contributed by atoms with van der Waals surface area (Å²) < 4.78 is 4.99. The van der Waals surface area contributed by atoms with Crippen molar-refractivity contribution in [3.63, 3.8) is 0 Å². The molecule has 0 amide bonds. The van der Waals surface area contributed by atoms with Crippen LogP contribution in [0.1, 0.15) is 0 Å². The Kier molecular flexibility index (Phi) is 2.16. The van der Waals surface area contributed by atoms with Crippen molar-refractivity contribution in [1.29, 1.82) is 0 Å². The van der Waals surface area contributed by atoms with E-state index in [1.54, 1.807) is 0 Å². The van der Waals surface area contributed by atoms with Crippen LogP contribution in [0.4, 0.5) is 0 Å². The first-order valence-corrected chi connectivity index (χ1v) is 2.97. The molecular weight excluding hydrogens is 98.9 g/mol. The maximum Gasteiger partial charge on any atom is 0.117 e. The van der Waals surface area contributed by atoms with Gasteiger partial charge in [0.15, 0.2) is 0 Å². The molecule has 1 aliphatic heterocycles. The highest BCUT2D eigenvalue weighted by molar-refractivity contribution is 6.36. The first-order valence-electron chi connectivity index (χ1n) is 2.97. The molecule has 0 aromatic carbocycles. The van der Waals surface area contributed by atoms with Gasteiger partial charge in [-0.15, -0.1) is 6.58 Å². The fraction of sp³-hybridized carbons (Fsp3) is 0.667. The van der Waals surface area contributed by atoms with Gasteiger partial charge in [-0.3, -0.25) is 0 Å². The largest absolute Gasteiger partial charge is 0.374 e. The fourth-order valence-corrected chi connectivity index (χ4v) is 0.604. The van der Waals surface area contributed by atoms with Crippen molar-refractivity contribution >= 4 is 7.28 Å². The lowest BCUT2D eigenvalue weighted by molar-refractivity contribution is 0.422. The van der Waals surface area contributed by atoms with Crippen LogP contribution < -0.4 is 0 Å². The average Bonchev–Trinajstić information content (AvgIpc) is 2.51. The quantitative estimate of drug-likeness (QED) is 0.228. The zero-order valence-corrected chi connectivity index (χ0v) is 4.97. The summed E-state index contributed by atoms with van der Waals surface area (Å²) in [5, 5.41) is 0. The highest BCUT2D eigenvalue weighted by Gasteiger charge is 2.20. The third kappa shape index (κ3) is 2.17. The van der Waals surface area contributed by atoms with Crippen molar-refractivity contribution in [3.05, 3.63) is 12.7 Å². The first-order chi connectivity index (χ1) is 3.93. The number of allylic oxidation sites excluding steroid dienone is 1. The Morgan fingerprint density at radius 1 is 1.88 bits per heavy atom. The molecule has 8 heavy (non-hydrogen) atoms. The second-order valence-corrected chi connectivity index (χ2v) is 2.00. The maximum atomic E-state index is 4.99. The van der Waals surface area contributed by atoms with Crippen LogP contribution in [0, 0.1) is 0 Å². The molecule has 1 unspecified atom stereocenters. The minimum atomic E-state index is 0.551. The number of ether oxygens (including phenoxy) is 1. The highest BCUT2D eigenvalue weighted by Crippen LogP contribution is 2.13. The smallest absolute Gasteiger partial charge is 0.117 e. The summed E-state index contributed by atoms with van der Waals surface area (Å²) in [7, 11) is 2.20. The Morgan fingerprint density at radius 3 is 3.12 bits per heavy atom. The fourth-order valence-electron chi connectivity index (χ4n) is 0.604. The zero-order chi connectivity index (χ0) is 5.82. The topological polar surface area (TPSA) is 12.5 Å². The number of hydrogen-bond donors (Lipinski definition) is 0. The van der Waals surface area contributed by atoms with Crippen LogP contribution in [0.5, 0.6) is 0 Å². The van der Waals surface area contributed by atoms with Crippen LogP contribution in [0.2, 0.25) is 12.6 Å². The Labute approximate surface area is 51.0 Å². The third-order valence-electron chi connectivity index (χ3n) is 1.17. The molecule has 2 heteroatoms. The molecular formula is C6H10BO. The van der Waals surface area contributed by atoms with E-state index in [1.165, 1.54) is 0 Å². The van der Waals surface area contributed by atoms with E-state index in [1.807, 2.05) is 6.08 Å². The van der Waals surface area contributed by atoms with Gasteiger partial charge in [-0.1, -0.05) is 18.7 Å². The Bertz CT molecular complexity index is 78.6. The molecule has 0 aromatic heterocycles. The standard InChI is InChI=1S/C6H10BO/c1-2-3-7-4-6-5-8-6/h2,6H,1,3-5H2. The number of epoxide rings is 1. The molecule has 1 saturated heterocycles. The van der Waals surface area contributed by atoms with Crippen molar-refractivity contribution in [1.82, 2.24) is 0 Å². The monoisotopic (exact) mass is 109 g/mol. The zero-order valence-electron chi connectivity index (χ0n) is 4.97. The van der Waals surface area contributed by atoms with E-state index < -0.39 is 0 Å². The van der Waals surface area contributed by atoms with Crippen LogP contribution >= 0.6 is 0 Å². The highest BCUT2D eigenvalue weighted by atomic mass is 16.6. The number of hydrogen-bond acceptors (Lipinski definition) is 1. The predicted molar refractivity (Wildman–Crippen MR) is 35.3 cm³/mol. The first kappa shape index (κ1) is 5.89. The normalized spacial score (nSPS) is 24.8. The molecule has 1 nitrogen and oxygen atoms in total. The van der Waals surface area contributed by atoms with Crippen LogP contribution in [-0.2, 0) is 4.74 Å². The van der Waals surface area contributed by atoms with E-state index in [4.69, 9.17) is 4.74 Å².